The Kier molecular flexibility index (Phi) is 8.84. The maximum Gasteiger partial charge on any atom is 0.227 e. The molecule has 188 valence electrons. The lowest BCUT2D eigenvalue weighted by Gasteiger charge is -2.25. The molecule has 4 aromatic rings. The van der Waals surface area contributed by atoms with Crippen LogP contribution in [0.25, 0.3) is 5.69 Å². The number of rotatable bonds is 12. The highest BCUT2D eigenvalue weighted by molar-refractivity contribution is 5.43. The minimum atomic E-state index is -0.654. The van der Waals surface area contributed by atoms with Gasteiger partial charge < -0.3 is 14.6 Å². The second-order valence-electron chi connectivity index (χ2n) is 8.54. The van der Waals surface area contributed by atoms with Crippen LogP contribution >= 0.6 is 0 Å². The molecule has 0 saturated heterocycles. The van der Waals surface area contributed by atoms with Crippen molar-refractivity contribution in [3.8, 4) is 17.3 Å². The molecule has 4 rings (SSSR count). The molecule has 36 heavy (non-hydrogen) atoms. The van der Waals surface area contributed by atoms with Crippen LogP contribution in [0.5, 0.6) is 11.6 Å². The van der Waals surface area contributed by atoms with Gasteiger partial charge in [0, 0.05) is 26.7 Å². The molecule has 0 bridgehead atoms. The first kappa shape index (κ1) is 25.6. The SMILES string of the molecule is CCc1nn(-c2ccccc2)c(Oc2ccc(F)cc2)c1CN(CCOC)CC(O)c1ccccc1. The minimum absolute atomic E-state index is 0.325. The molecular formula is C29H32FN3O3. The zero-order valence-corrected chi connectivity index (χ0v) is 20.7. The van der Waals surface area contributed by atoms with Crippen molar-refractivity contribution >= 4 is 0 Å². The van der Waals surface area contributed by atoms with Crippen molar-refractivity contribution in [3.05, 3.63) is 108 Å². The van der Waals surface area contributed by atoms with Gasteiger partial charge in [-0.2, -0.15) is 5.10 Å². The summed E-state index contributed by atoms with van der Waals surface area (Å²) in [5.41, 5.74) is 3.54. The van der Waals surface area contributed by atoms with Gasteiger partial charge in [0.25, 0.3) is 0 Å². The van der Waals surface area contributed by atoms with Gasteiger partial charge >= 0.3 is 0 Å². The summed E-state index contributed by atoms with van der Waals surface area (Å²) in [7, 11) is 1.67. The van der Waals surface area contributed by atoms with E-state index in [1.165, 1.54) is 12.1 Å². The first-order chi connectivity index (χ1) is 17.6. The number of halogens is 1. The lowest BCUT2D eigenvalue weighted by molar-refractivity contribution is 0.0844. The van der Waals surface area contributed by atoms with Gasteiger partial charge in [0.1, 0.15) is 11.6 Å². The molecule has 0 aliphatic heterocycles. The molecule has 1 aromatic heterocycles. The van der Waals surface area contributed by atoms with Crippen LogP contribution in [0.4, 0.5) is 4.39 Å². The van der Waals surface area contributed by atoms with Gasteiger partial charge in [-0.15, -0.1) is 0 Å². The number of ether oxygens (including phenoxy) is 2. The molecule has 1 N–H and O–H groups in total. The molecule has 0 aliphatic carbocycles. The van der Waals surface area contributed by atoms with Gasteiger partial charge in [-0.05, 0) is 48.4 Å². The first-order valence-electron chi connectivity index (χ1n) is 12.1. The van der Waals surface area contributed by atoms with Crippen molar-refractivity contribution in [2.75, 3.05) is 26.8 Å². The quantitative estimate of drug-likeness (QED) is 0.283. The molecule has 1 heterocycles. The summed E-state index contributed by atoms with van der Waals surface area (Å²) in [4.78, 5) is 2.14. The smallest absolute Gasteiger partial charge is 0.227 e. The second kappa shape index (κ2) is 12.4. The number of aliphatic hydroxyl groups excluding tert-OH is 1. The van der Waals surface area contributed by atoms with Crippen molar-refractivity contribution in [3.63, 3.8) is 0 Å². The van der Waals surface area contributed by atoms with E-state index in [0.717, 1.165) is 22.5 Å². The fraction of sp³-hybridized carbons (Fsp3) is 0.276. The van der Waals surface area contributed by atoms with E-state index in [2.05, 4.69) is 11.8 Å². The number of benzene rings is 3. The fourth-order valence-electron chi connectivity index (χ4n) is 4.09. The number of hydrogen-bond donors (Lipinski definition) is 1. The molecule has 0 radical (unpaired) electrons. The van der Waals surface area contributed by atoms with Crippen LogP contribution in [0, 0.1) is 5.82 Å². The molecule has 0 aliphatic rings. The molecule has 3 aromatic carbocycles. The summed E-state index contributed by atoms with van der Waals surface area (Å²) in [6.07, 6.45) is 0.0488. The number of aromatic nitrogens is 2. The van der Waals surface area contributed by atoms with E-state index in [0.29, 0.717) is 44.3 Å². The van der Waals surface area contributed by atoms with E-state index in [4.69, 9.17) is 14.6 Å². The predicted molar refractivity (Wildman–Crippen MR) is 138 cm³/mol. The molecular weight excluding hydrogens is 457 g/mol. The lowest BCUT2D eigenvalue weighted by atomic mass is 10.1. The summed E-state index contributed by atoms with van der Waals surface area (Å²) in [5, 5.41) is 15.8. The molecule has 0 saturated carbocycles. The average Bonchev–Trinajstić information content (AvgIpc) is 3.26. The molecule has 0 fully saturated rings. The first-order valence-corrected chi connectivity index (χ1v) is 12.1. The van der Waals surface area contributed by atoms with Crippen molar-refractivity contribution in [2.24, 2.45) is 0 Å². The summed E-state index contributed by atoms with van der Waals surface area (Å²) < 4.78 is 27.0. The van der Waals surface area contributed by atoms with E-state index < -0.39 is 6.10 Å². The maximum absolute atomic E-state index is 13.5. The summed E-state index contributed by atoms with van der Waals surface area (Å²) >= 11 is 0. The van der Waals surface area contributed by atoms with Crippen LogP contribution in [-0.4, -0.2) is 46.6 Å². The van der Waals surface area contributed by atoms with Crippen LogP contribution < -0.4 is 4.74 Å². The third-order valence-electron chi connectivity index (χ3n) is 5.99. The Bertz CT molecular complexity index is 1210. The van der Waals surface area contributed by atoms with Gasteiger partial charge in [0.05, 0.1) is 29.7 Å². The number of methoxy groups -OCH3 is 1. The monoisotopic (exact) mass is 489 g/mol. The van der Waals surface area contributed by atoms with Gasteiger partial charge in [0.2, 0.25) is 5.88 Å². The molecule has 6 nitrogen and oxygen atoms in total. The number of hydrogen-bond acceptors (Lipinski definition) is 5. The second-order valence-corrected chi connectivity index (χ2v) is 8.54. The molecule has 1 atom stereocenters. The summed E-state index contributed by atoms with van der Waals surface area (Å²) in [5.74, 6) is 0.764. The number of aliphatic hydroxyl groups is 1. The molecule has 0 amide bonds. The van der Waals surface area contributed by atoms with E-state index in [-0.39, 0.29) is 5.82 Å². The topological polar surface area (TPSA) is 59.8 Å². The third kappa shape index (κ3) is 6.37. The van der Waals surface area contributed by atoms with E-state index in [1.807, 2.05) is 60.7 Å². The van der Waals surface area contributed by atoms with Crippen LogP contribution in [0.3, 0.4) is 0 Å². The van der Waals surface area contributed by atoms with Crippen molar-refractivity contribution in [2.45, 2.75) is 26.0 Å². The largest absolute Gasteiger partial charge is 0.439 e. The standard InChI is InChI=1S/C29H32FN3O3/c1-3-27-26(20-32(18-19-35-2)21-28(34)22-10-6-4-7-11-22)29(36-25-16-14-23(30)15-17-25)33(31-27)24-12-8-5-9-13-24/h4-17,28,34H,3,18-21H2,1-2H3. The van der Waals surface area contributed by atoms with E-state index in [1.54, 1.807) is 23.9 Å². The van der Waals surface area contributed by atoms with Gasteiger partial charge in [-0.25, -0.2) is 9.07 Å². The highest BCUT2D eigenvalue weighted by Gasteiger charge is 2.24. The summed E-state index contributed by atoms with van der Waals surface area (Å²) in [6, 6.07) is 25.4. The Hall–Kier alpha value is -3.52. The Balaban J connectivity index is 1.71. The fourth-order valence-corrected chi connectivity index (χ4v) is 4.09. The summed E-state index contributed by atoms with van der Waals surface area (Å²) in [6.45, 7) is 4.12. The minimum Gasteiger partial charge on any atom is -0.439 e. The van der Waals surface area contributed by atoms with Crippen LogP contribution in [0.15, 0.2) is 84.9 Å². The van der Waals surface area contributed by atoms with Gasteiger partial charge in [-0.1, -0.05) is 55.5 Å². The predicted octanol–water partition coefficient (Wildman–Crippen LogP) is 5.55. The normalized spacial score (nSPS) is 12.1. The molecule has 0 spiro atoms. The molecule has 1 unspecified atom stereocenters. The average molecular weight is 490 g/mol. The van der Waals surface area contributed by atoms with E-state index >= 15 is 0 Å². The highest BCUT2D eigenvalue weighted by Crippen LogP contribution is 2.32. The third-order valence-corrected chi connectivity index (χ3v) is 5.99. The van der Waals surface area contributed by atoms with Gasteiger partial charge in [0.15, 0.2) is 0 Å². The van der Waals surface area contributed by atoms with E-state index in [9.17, 15) is 9.50 Å². The maximum atomic E-state index is 13.5. The van der Waals surface area contributed by atoms with Crippen LogP contribution in [0.1, 0.15) is 29.8 Å². The Morgan fingerprint density at radius 2 is 1.64 bits per heavy atom. The number of nitrogens with zero attached hydrogens (tertiary/aromatic N) is 3. The highest BCUT2D eigenvalue weighted by atomic mass is 19.1. The zero-order valence-electron chi connectivity index (χ0n) is 20.7. The number of aryl methyl sites for hydroxylation is 1. The van der Waals surface area contributed by atoms with Crippen molar-refractivity contribution < 1.29 is 19.0 Å². The zero-order chi connectivity index (χ0) is 25.3. The van der Waals surface area contributed by atoms with Crippen molar-refractivity contribution in [1.29, 1.82) is 0 Å². The Morgan fingerprint density at radius 1 is 0.972 bits per heavy atom. The lowest BCUT2D eigenvalue weighted by Crippen LogP contribution is -2.31. The molecule has 7 heteroatoms. The number of para-hydroxylation sites is 1. The Morgan fingerprint density at radius 3 is 2.28 bits per heavy atom. The Labute approximate surface area is 211 Å². The van der Waals surface area contributed by atoms with Gasteiger partial charge in [-0.3, -0.25) is 4.90 Å². The van der Waals surface area contributed by atoms with Crippen LogP contribution in [0.2, 0.25) is 0 Å². The van der Waals surface area contributed by atoms with Crippen LogP contribution in [-0.2, 0) is 17.7 Å². The van der Waals surface area contributed by atoms with Crippen molar-refractivity contribution in [1.82, 2.24) is 14.7 Å².